The molecule has 1 aliphatic heterocycles. The first kappa shape index (κ1) is 9.96. The van der Waals surface area contributed by atoms with Crippen LogP contribution in [0.25, 0.3) is 0 Å². The van der Waals surface area contributed by atoms with E-state index in [0.29, 0.717) is 6.61 Å². The van der Waals surface area contributed by atoms with Gasteiger partial charge in [-0.3, -0.25) is 0 Å². The van der Waals surface area contributed by atoms with Crippen LogP contribution in [-0.4, -0.2) is 48.5 Å². The number of aliphatic hydroxyl groups excluding tert-OH is 1. The van der Waals surface area contributed by atoms with Crippen LogP contribution in [0.15, 0.2) is 0 Å². The molecule has 1 atom stereocenters. The highest BCUT2D eigenvalue weighted by Crippen LogP contribution is 2.06. The van der Waals surface area contributed by atoms with Gasteiger partial charge in [0.15, 0.2) is 0 Å². The van der Waals surface area contributed by atoms with Gasteiger partial charge in [-0.15, -0.1) is 0 Å². The molecule has 0 aromatic carbocycles. The first-order valence-corrected chi connectivity index (χ1v) is 4.70. The molecule has 3 nitrogen and oxygen atoms in total. The Bertz CT molecular complexity index is 124. The summed E-state index contributed by atoms with van der Waals surface area (Å²) >= 11 is 0. The number of hydrogen-bond acceptors (Lipinski definition) is 3. The minimum atomic E-state index is -0.312. The number of hydrogen-bond donors (Lipinski definition) is 1. The van der Waals surface area contributed by atoms with Gasteiger partial charge in [0.05, 0.1) is 18.8 Å². The highest BCUT2D eigenvalue weighted by atomic mass is 16.5. The van der Waals surface area contributed by atoms with Crippen LogP contribution in [0.3, 0.4) is 0 Å². The molecular weight excluding hydrogens is 154 g/mol. The van der Waals surface area contributed by atoms with E-state index < -0.39 is 0 Å². The highest BCUT2D eigenvalue weighted by Gasteiger charge is 2.17. The molecular formula is C9H19NO2. The minimum absolute atomic E-state index is 0.219. The summed E-state index contributed by atoms with van der Waals surface area (Å²) in [6, 6.07) is 0. The fourth-order valence-electron chi connectivity index (χ4n) is 1.22. The van der Waals surface area contributed by atoms with E-state index in [1.807, 2.05) is 13.8 Å². The number of aliphatic hydroxyl groups is 1. The van der Waals surface area contributed by atoms with Gasteiger partial charge in [0.25, 0.3) is 0 Å². The van der Waals surface area contributed by atoms with Crippen molar-refractivity contribution in [3.05, 3.63) is 0 Å². The highest BCUT2D eigenvalue weighted by molar-refractivity contribution is 4.71. The van der Waals surface area contributed by atoms with Gasteiger partial charge in [0.2, 0.25) is 0 Å². The van der Waals surface area contributed by atoms with E-state index in [0.717, 1.165) is 19.6 Å². The van der Waals surface area contributed by atoms with Crippen molar-refractivity contribution >= 4 is 0 Å². The van der Waals surface area contributed by atoms with Gasteiger partial charge < -0.3 is 14.7 Å². The van der Waals surface area contributed by atoms with Crippen molar-refractivity contribution in [1.82, 2.24) is 4.90 Å². The van der Waals surface area contributed by atoms with Gasteiger partial charge in [-0.1, -0.05) is 0 Å². The van der Waals surface area contributed by atoms with Gasteiger partial charge in [-0.2, -0.15) is 0 Å². The largest absolute Gasteiger partial charge is 0.389 e. The first-order valence-electron chi connectivity index (χ1n) is 4.70. The van der Waals surface area contributed by atoms with E-state index in [2.05, 4.69) is 4.90 Å². The molecule has 0 saturated carbocycles. The van der Waals surface area contributed by atoms with E-state index in [1.165, 1.54) is 6.42 Å². The lowest BCUT2D eigenvalue weighted by Gasteiger charge is -2.32. The Morgan fingerprint density at radius 2 is 2.08 bits per heavy atom. The second-order valence-electron chi connectivity index (χ2n) is 3.69. The zero-order valence-electron chi connectivity index (χ0n) is 7.99. The maximum Gasteiger partial charge on any atom is 0.0900 e. The molecule has 1 heterocycles. The molecule has 1 saturated heterocycles. The Labute approximate surface area is 74.3 Å². The van der Waals surface area contributed by atoms with Crippen molar-refractivity contribution in [3.63, 3.8) is 0 Å². The Hall–Kier alpha value is -0.120. The van der Waals surface area contributed by atoms with Crippen LogP contribution in [0.5, 0.6) is 0 Å². The molecule has 72 valence electrons. The van der Waals surface area contributed by atoms with Crippen LogP contribution in [0.1, 0.15) is 20.3 Å². The lowest BCUT2D eigenvalue weighted by molar-refractivity contribution is -0.0164. The standard InChI is InChI=1S/C9H19NO2/c1-8(2)12-7-9(11)6-10-4-3-5-10/h8-9,11H,3-7H2,1-2H3/t9-/m0/s1. The summed E-state index contributed by atoms with van der Waals surface area (Å²) in [5, 5.41) is 9.47. The molecule has 0 spiro atoms. The van der Waals surface area contributed by atoms with Crippen molar-refractivity contribution < 1.29 is 9.84 Å². The van der Waals surface area contributed by atoms with Crippen LogP contribution < -0.4 is 0 Å². The lowest BCUT2D eigenvalue weighted by Crippen LogP contribution is -2.43. The molecule has 0 unspecified atom stereocenters. The van der Waals surface area contributed by atoms with Crippen molar-refractivity contribution in [3.8, 4) is 0 Å². The predicted molar refractivity (Wildman–Crippen MR) is 48.2 cm³/mol. The summed E-state index contributed by atoms with van der Waals surface area (Å²) in [7, 11) is 0. The number of nitrogens with zero attached hydrogens (tertiary/aromatic N) is 1. The Morgan fingerprint density at radius 3 is 2.50 bits per heavy atom. The van der Waals surface area contributed by atoms with Crippen LogP contribution in [-0.2, 0) is 4.74 Å². The summed E-state index contributed by atoms with van der Waals surface area (Å²) in [5.41, 5.74) is 0. The monoisotopic (exact) mass is 173 g/mol. The Kier molecular flexibility index (Phi) is 3.98. The summed E-state index contributed by atoms with van der Waals surface area (Å²) in [5.74, 6) is 0. The fraction of sp³-hybridized carbons (Fsp3) is 1.00. The maximum absolute atomic E-state index is 9.47. The van der Waals surface area contributed by atoms with E-state index in [9.17, 15) is 5.11 Å². The van der Waals surface area contributed by atoms with E-state index >= 15 is 0 Å². The van der Waals surface area contributed by atoms with Gasteiger partial charge in [-0.25, -0.2) is 0 Å². The molecule has 0 aromatic rings. The molecule has 0 bridgehead atoms. The lowest BCUT2D eigenvalue weighted by atomic mass is 10.2. The van der Waals surface area contributed by atoms with Crippen molar-refractivity contribution in [1.29, 1.82) is 0 Å². The second kappa shape index (κ2) is 4.80. The third kappa shape index (κ3) is 3.52. The van der Waals surface area contributed by atoms with Gasteiger partial charge >= 0.3 is 0 Å². The quantitative estimate of drug-likeness (QED) is 0.656. The average molecular weight is 173 g/mol. The molecule has 0 aromatic heterocycles. The molecule has 1 aliphatic rings. The number of likely N-dealkylation sites (tertiary alicyclic amines) is 1. The fourth-order valence-corrected chi connectivity index (χ4v) is 1.22. The second-order valence-corrected chi connectivity index (χ2v) is 3.69. The van der Waals surface area contributed by atoms with Crippen LogP contribution >= 0.6 is 0 Å². The Morgan fingerprint density at radius 1 is 1.42 bits per heavy atom. The van der Waals surface area contributed by atoms with E-state index in [-0.39, 0.29) is 12.2 Å². The molecule has 1 rings (SSSR count). The SMILES string of the molecule is CC(C)OC[C@@H](O)CN1CCC1. The summed E-state index contributed by atoms with van der Waals surface area (Å²) in [6.45, 7) is 7.48. The maximum atomic E-state index is 9.47. The number of ether oxygens (including phenoxy) is 1. The molecule has 3 heteroatoms. The summed E-state index contributed by atoms with van der Waals surface area (Å²) in [4.78, 5) is 2.24. The van der Waals surface area contributed by atoms with Crippen LogP contribution in [0.4, 0.5) is 0 Å². The van der Waals surface area contributed by atoms with Gasteiger partial charge in [0.1, 0.15) is 0 Å². The third-order valence-corrected chi connectivity index (χ3v) is 2.04. The zero-order chi connectivity index (χ0) is 8.97. The zero-order valence-corrected chi connectivity index (χ0v) is 7.99. The summed E-state index contributed by atoms with van der Waals surface area (Å²) < 4.78 is 5.30. The van der Waals surface area contributed by atoms with Crippen molar-refractivity contribution in [2.75, 3.05) is 26.2 Å². The molecule has 12 heavy (non-hydrogen) atoms. The van der Waals surface area contributed by atoms with Gasteiger partial charge in [-0.05, 0) is 33.4 Å². The van der Waals surface area contributed by atoms with Crippen LogP contribution in [0.2, 0.25) is 0 Å². The third-order valence-electron chi connectivity index (χ3n) is 2.04. The Balaban J connectivity index is 1.98. The topological polar surface area (TPSA) is 32.7 Å². The van der Waals surface area contributed by atoms with Crippen molar-refractivity contribution in [2.24, 2.45) is 0 Å². The van der Waals surface area contributed by atoms with E-state index in [4.69, 9.17) is 4.74 Å². The van der Waals surface area contributed by atoms with Gasteiger partial charge in [0, 0.05) is 6.54 Å². The van der Waals surface area contributed by atoms with Crippen LogP contribution in [0, 0.1) is 0 Å². The summed E-state index contributed by atoms with van der Waals surface area (Å²) in [6.07, 6.45) is 1.18. The molecule has 1 fully saturated rings. The van der Waals surface area contributed by atoms with Crippen molar-refractivity contribution in [2.45, 2.75) is 32.5 Å². The normalized spacial score (nSPS) is 21.0. The molecule has 1 N–H and O–H groups in total. The number of rotatable bonds is 5. The molecule has 0 aliphatic carbocycles. The smallest absolute Gasteiger partial charge is 0.0900 e. The minimum Gasteiger partial charge on any atom is -0.389 e. The number of β-amino-alcohol motifs (C(OH)–C–C–N with tert-alkyl or cyclic N) is 1. The molecule has 0 amide bonds. The van der Waals surface area contributed by atoms with E-state index in [1.54, 1.807) is 0 Å². The average Bonchev–Trinajstić information content (AvgIpc) is 1.93. The first-order chi connectivity index (χ1) is 5.68. The molecule has 0 radical (unpaired) electrons. The predicted octanol–water partition coefficient (Wildman–Crippen LogP) is 0.478.